The minimum Gasteiger partial charge on any atom is -0.492 e. The maximum atomic E-state index is 6.07. The number of aromatic nitrogens is 1. The van der Waals surface area contributed by atoms with Gasteiger partial charge in [0, 0.05) is 88.4 Å². The number of fused-ring (bicyclic) bond motifs is 3. The highest BCUT2D eigenvalue weighted by Gasteiger charge is 2.15. The second-order valence-electron chi connectivity index (χ2n) is 9.53. The molecule has 0 unspecified atom stereocenters. The van der Waals surface area contributed by atoms with Crippen LogP contribution in [0.5, 0.6) is 11.5 Å². The molecule has 7 heteroatoms. The van der Waals surface area contributed by atoms with E-state index in [4.69, 9.17) is 9.47 Å². The third-order valence-corrected chi connectivity index (χ3v) is 7.09. The van der Waals surface area contributed by atoms with Gasteiger partial charge in [0.05, 0.1) is 11.0 Å². The zero-order chi connectivity index (χ0) is 22.6. The minimum atomic E-state index is 0.723. The van der Waals surface area contributed by atoms with Crippen molar-refractivity contribution in [3.05, 3.63) is 36.4 Å². The van der Waals surface area contributed by atoms with Crippen molar-refractivity contribution in [1.82, 2.24) is 24.6 Å². The van der Waals surface area contributed by atoms with Crippen LogP contribution in [0.4, 0.5) is 0 Å². The van der Waals surface area contributed by atoms with Crippen molar-refractivity contribution in [3.8, 4) is 11.5 Å². The average molecular weight is 452 g/mol. The third kappa shape index (κ3) is 5.61. The van der Waals surface area contributed by atoms with Crippen LogP contribution in [-0.2, 0) is 0 Å². The van der Waals surface area contributed by atoms with Crippen LogP contribution in [0.25, 0.3) is 21.8 Å². The van der Waals surface area contributed by atoms with Crippen molar-refractivity contribution in [2.75, 3.05) is 92.8 Å². The Kier molecular flexibility index (Phi) is 7.02. The van der Waals surface area contributed by atoms with E-state index < -0.39 is 0 Å². The van der Waals surface area contributed by atoms with Crippen LogP contribution in [0.3, 0.4) is 0 Å². The Morgan fingerprint density at radius 3 is 1.48 bits per heavy atom. The first-order chi connectivity index (χ1) is 16.1. The SMILES string of the molecule is CN1CCN(CCOc2ccc3c(c2)[nH]c2cc(OCCN4CCN(C)CC4)ccc23)CC1. The van der Waals surface area contributed by atoms with Gasteiger partial charge in [0.25, 0.3) is 0 Å². The molecule has 33 heavy (non-hydrogen) atoms. The van der Waals surface area contributed by atoms with E-state index >= 15 is 0 Å². The van der Waals surface area contributed by atoms with Crippen LogP contribution in [0.1, 0.15) is 0 Å². The number of hydrogen-bond donors (Lipinski definition) is 1. The zero-order valence-corrected chi connectivity index (χ0v) is 20.1. The summed E-state index contributed by atoms with van der Waals surface area (Å²) in [5, 5.41) is 2.45. The van der Waals surface area contributed by atoms with Gasteiger partial charge in [-0.1, -0.05) is 0 Å². The predicted octanol–water partition coefficient (Wildman–Crippen LogP) is 2.57. The summed E-state index contributed by atoms with van der Waals surface area (Å²) in [6, 6.07) is 12.7. The molecule has 0 atom stereocenters. The molecule has 0 aliphatic carbocycles. The lowest BCUT2D eigenvalue weighted by Crippen LogP contribution is -2.45. The molecule has 2 aliphatic rings. The Hall–Kier alpha value is -2.32. The molecule has 0 spiro atoms. The summed E-state index contributed by atoms with van der Waals surface area (Å²) in [6.45, 7) is 12.5. The van der Waals surface area contributed by atoms with Gasteiger partial charge in [-0.3, -0.25) is 9.80 Å². The van der Waals surface area contributed by atoms with Gasteiger partial charge in [-0.2, -0.15) is 0 Å². The molecule has 2 aliphatic heterocycles. The largest absolute Gasteiger partial charge is 0.492 e. The molecule has 2 aromatic carbocycles. The first kappa shape index (κ1) is 22.5. The smallest absolute Gasteiger partial charge is 0.121 e. The number of piperazine rings is 2. The molecule has 0 bridgehead atoms. The van der Waals surface area contributed by atoms with Crippen molar-refractivity contribution in [1.29, 1.82) is 0 Å². The fourth-order valence-corrected chi connectivity index (χ4v) is 4.78. The Morgan fingerprint density at radius 1 is 0.636 bits per heavy atom. The van der Waals surface area contributed by atoms with Gasteiger partial charge in [0.2, 0.25) is 0 Å². The summed E-state index contributed by atoms with van der Waals surface area (Å²) in [7, 11) is 4.38. The molecule has 0 saturated carbocycles. The van der Waals surface area contributed by atoms with Crippen LogP contribution in [-0.4, -0.2) is 117 Å². The van der Waals surface area contributed by atoms with Gasteiger partial charge < -0.3 is 24.3 Å². The van der Waals surface area contributed by atoms with E-state index in [2.05, 4.69) is 75.1 Å². The van der Waals surface area contributed by atoms with Crippen LogP contribution in [0.15, 0.2) is 36.4 Å². The Balaban J connectivity index is 1.16. The molecule has 2 fully saturated rings. The molecule has 1 N–H and O–H groups in total. The van der Waals surface area contributed by atoms with E-state index in [0.29, 0.717) is 0 Å². The first-order valence-electron chi connectivity index (χ1n) is 12.3. The van der Waals surface area contributed by atoms with Crippen molar-refractivity contribution < 1.29 is 9.47 Å². The van der Waals surface area contributed by atoms with E-state index in [1.54, 1.807) is 0 Å². The molecule has 2 saturated heterocycles. The van der Waals surface area contributed by atoms with Crippen molar-refractivity contribution in [3.63, 3.8) is 0 Å². The summed E-state index contributed by atoms with van der Waals surface area (Å²) in [6.07, 6.45) is 0. The summed E-state index contributed by atoms with van der Waals surface area (Å²) in [5.74, 6) is 1.85. The molecule has 1 aromatic heterocycles. The lowest BCUT2D eigenvalue weighted by Gasteiger charge is -2.32. The lowest BCUT2D eigenvalue weighted by atomic mass is 10.1. The number of ether oxygens (including phenoxy) is 2. The number of likely N-dealkylation sites (N-methyl/N-ethyl adjacent to an activating group) is 2. The van der Waals surface area contributed by atoms with Gasteiger partial charge in [0.1, 0.15) is 24.7 Å². The molecular formula is C26H37N5O2. The number of rotatable bonds is 8. The van der Waals surface area contributed by atoms with Crippen LogP contribution >= 0.6 is 0 Å². The van der Waals surface area contributed by atoms with Gasteiger partial charge in [0.15, 0.2) is 0 Å². The molecule has 0 radical (unpaired) electrons. The summed E-state index contributed by atoms with van der Waals surface area (Å²) in [4.78, 5) is 13.3. The Labute approximate surface area is 196 Å². The summed E-state index contributed by atoms with van der Waals surface area (Å²) in [5.41, 5.74) is 2.22. The third-order valence-electron chi connectivity index (χ3n) is 7.09. The van der Waals surface area contributed by atoms with Gasteiger partial charge in [-0.05, 0) is 38.4 Å². The standard InChI is InChI=1S/C26H37N5O2/c1-28-7-11-30(12-8-28)15-17-32-21-3-5-23-24-6-4-22(20-26(24)27-25(23)19-21)33-18-16-31-13-9-29(2)10-14-31/h3-6,19-20,27H,7-18H2,1-2H3. The Morgan fingerprint density at radius 2 is 1.06 bits per heavy atom. The van der Waals surface area contributed by atoms with Gasteiger partial charge in [-0.15, -0.1) is 0 Å². The maximum Gasteiger partial charge on any atom is 0.121 e. The van der Waals surface area contributed by atoms with Gasteiger partial charge >= 0.3 is 0 Å². The molecule has 178 valence electrons. The second-order valence-corrected chi connectivity index (χ2v) is 9.53. The highest BCUT2D eigenvalue weighted by molar-refractivity contribution is 6.07. The van der Waals surface area contributed by atoms with Crippen LogP contribution < -0.4 is 9.47 Å². The average Bonchev–Trinajstić information content (AvgIpc) is 3.18. The number of aromatic amines is 1. The topological polar surface area (TPSA) is 47.2 Å². The minimum absolute atomic E-state index is 0.723. The van der Waals surface area contributed by atoms with E-state index in [1.807, 2.05) is 0 Å². The summed E-state index contributed by atoms with van der Waals surface area (Å²) < 4.78 is 12.1. The number of nitrogens with one attached hydrogen (secondary N) is 1. The second kappa shape index (κ2) is 10.3. The van der Waals surface area contributed by atoms with E-state index in [1.165, 1.54) is 10.8 Å². The molecule has 3 heterocycles. The number of benzene rings is 2. The zero-order valence-electron chi connectivity index (χ0n) is 20.1. The number of H-pyrrole nitrogens is 1. The van der Waals surface area contributed by atoms with Crippen molar-refractivity contribution >= 4 is 21.8 Å². The molecule has 7 nitrogen and oxygen atoms in total. The highest BCUT2D eigenvalue weighted by Crippen LogP contribution is 2.30. The molecule has 0 amide bonds. The molecule has 5 rings (SSSR count). The van der Waals surface area contributed by atoms with Crippen molar-refractivity contribution in [2.24, 2.45) is 0 Å². The fourth-order valence-electron chi connectivity index (χ4n) is 4.78. The maximum absolute atomic E-state index is 6.07. The Bertz CT molecular complexity index is 969. The lowest BCUT2D eigenvalue weighted by molar-refractivity contribution is 0.134. The van der Waals surface area contributed by atoms with E-state index in [-0.39, 0.29) is 0 Å². The van der Waals surface area contributed by atoms with E-state index in [0.717, 1.165) is 101 Å². The van der Waals surface area contributed by atoms with Crippen LogP contribution in [0, 0.1) is 0 Å². The van der Waals surface area contributed by atoms with Crippen LogP contribution in [0.2, 0.25) is 0 Å². The predicted molar refractivity (Wildman–Crippen MR) is 135 cm³/mol. The highest BCUT2D eigenvalue weighted by atomic mass is 16.5. The first-order valence-corrected chi connectivity index (χ1v) is 12.3. The fraction of sp³-hybridized carbons (Fsp3) is 0.538. The molecule has 3 aromatic rings. The van der Waals surface area contributed by atoms with Gasteiger partial charge in [-0.25, -0.2) is 0 Å². The monoisotopic (exact) mass is 451 g/mol. The summed E-state index contributed by atoms with van der Waals surface area (Å²) >= 11 is 0. The van der Waals surface area contributed by atoms with E-state index in [9.17, 15) is 0 Å². The molecular weight excluding hydrogens is 414 g/mol. The number of hydrogen-bond acceptors (Lipinski definition) is 6. The van der Waals surface area contributed by atoms with Crippen molar-refractivity contribution in [2.45, 2.75) is 0 Å². The normalized spacial score (nSPS) is 19.5. The quantitative estimate of drug-likeness (QED) is 0.568. The number of nitrogens with zero attached hydrogens (tertiary/aromatic N) is 4.